The summed E-state index contributed by atoms with van der Waals surface area (Å²) in [5.74, 6) is 0.190. The smallest absolute Gasteiger partial charge is 0.392 e. The van der Waals surface area contributed by atoms with Crippen LogP contribution in [0.4, 0.5) is 35.2 Å². The molecule has 0 saturated heterocycles. The number of halogens is 3. The lowest BCUT2D eigenvalue weighted by atomic mass is 10.1. The molecule has 1 aliphatic rings. The zero-order valence-electron chi connectivity index (χ0n) is 22.0. The Bertz CT molecular complexity index is 1520. The van der Waals surface area contributed by atoms with Gasteiger partial charge >= 0.3 is 12.2 Å². The predicted molar refractivity (Wildman–Crippen MR) is 128 cm³/mol. The fraction of sp³-hybridized carbons (Fsp3) is 0.240. The fourth-order valence-corrected chi connectivity index (χ4v) is 3.98. The van der Waals surface area contributed by atoms with Gasteiger partial charge in [0.1, 0.15) is 11.6 Å². The molecule has 36 heavy (non-hydrogen) atoms. The largest absolute Gasteiger partial charge is 0.497 e. The van der Waals surface area contributed by atoms with Crippen molar-refractivity contribution >= 4 is 34.1 Å². The molecule has 0 unspecified atom stereocenters. The number of nitrogens with zero attached hydrogens (tertiary/aromatic N) is 5. The molecule has 5 rings (SSSR count). The van der Waals surface area contributed by atoms with Gasteiger partial charge in [-0.3, -0.25) is 9.58 Å². The first kappa shape index (κ1) is 20.0. The van der Waals surface area contributed by atoms with Gasteiger partial charge in [0, 0.05) is 35.9 Å². The summed E-state index contributed by atoms with van der Waals surface area (Å²) in [4.78, 5) is 21.1. The molecule has 2 aromatic heterocycles. The Morgan fingerprint density at radius 3 is 2.61 bits per heavy atom. The van der Waals surface area contributed by atoms with Crippen LogP contribution in [0, 0.1) is 0 Å². The second-order valence-electron chi connectivity index (χ2n) is 8.19. The van der Waals surface area contributed by atoms with Gasteiger partial charge in [-0.15, -0.1) is 0 Å². The molecule has 0 fully saturated rings. The van der Waals surface area contributed by atoms with Crippen LogP contribution >= 0.6 is 0 Å². The Labute approximate surface area is 208 Å². The van der Waals surface area contributed by atoms with E-state index >= 15 is 0 Å². The van der Waals surface area contributed by atoms with Gasteiger partial charge in [-0.05, 0) is 48.5 Å². The minimum absolute atomic E-state index is 0.0663. The van der Waals surface area contributed by atoms with E-state index in [9.17, 15) is 18.0 Å². The van der Waals surface area contributed by atoms with Gasteiger partial charge in [-0.2, -0.15) is 23.3 Å². The Balaban J connectivity index is 1.52. The minimum atomic E-state index is -4.38. The molecule has 11 heteroatoms. The number of ether oxygens (including phenoxy) is 2. The van der Waals surface area contributed by atoms with Crippen LogP contribution in [-0.2, 0) is 13.6 Å². The lowest BCUT2D eigenvalue weighted by Crippen LogP contribution is -2.45. The predicted octanol–water partition coefficient (Wildman–Crippen LogP) is 5.59. The molecule has 2 amide bonds. The number of alkyl halides is 3. The number of benzene rings is 2. The van der Waals surface area contributed by atoms with Gasteiger partial charge in [0.2, 0.25) is 5.88 Å². The van der Waals surface area contributed by atoms with Crippen molar-refractivity contribution in [2.75, 3.05) is 23.4 Å². The summed E-state index contributed by atoms with van der Waals surface area (Å²) in [6.45, 7) is -0.478. The normalized spacial score (nSPS) is 15.3. The van der Waals surface area contributed by atoms with Crippen molar-refractivity contribution in [2.24, 2.45) is 7.05 Å². The molecule has 186 valence electrons. The van der Waals surface area contributed by atoms with Crippen LogP contribution in [0.2, 0.25) is 0 Å². The molecule has 3 heterocycles. The summed E-state index contributed by atoms with van der Waals surface area (Å²) in [6, 6.07) is 13.8. The first-order valence-corrected chi connectivity index (χ1v) is 10.9. The summed E-state index contributed by atoms with van der Waals surface area (Å²) in [5.41, 5.74) is 2.32. The van der Waals surface area contributed by atoms with E-state index in [1.54, 1.807) is 29.9 Å². The van der Waals surface area contributed by atoms with Crippen molar-refractivity contribution in [3.63, 3.8) is 0 Å². The Morgan fingerprint density at radius 1 is 1.08 bits per heavy atom. The molecule has 0 spiro atoms. The fourth-order valence-electron chi connectivity index (χ4n) is 3.98. The highest BCUT2D eigenvalue weighted by Gasteiger charge is 2.34. The molecular formula is C25H22F3N5O3. The molecule has 1 aliphatic heterocycles. The van der Waals surface area contributed by atoms with E-state index in [4.69, 9.17) is 13.6 Å². The molecule has 0 bridgehead atoms. The Morgan fingerprint density at radius 2 is 1.86 bits per heavy atom. The molecule has 0 N–H and O–H groups in total. The van der Waals surface area contributed by atoms with Crippen LogP contribution in [0.25, 0.3) is 10.9 Å². The third kappa shape index (κ3) is 4.64. The first-order chi connectivity index (χ1) is 18.4. The zero-order valence-corrected chi connectivity index (χ0v) is 19.0. The topological polar surface area (TPSA) is 72.7 Å². The number of methoxy groups -OCH3 is 1. The third-order valence-corrected chi connectivity index (χ3v) is 5.66. The van der Waals surface area contributed by atoms with Gasteiger partial charge in [0.05, 0.1) is 41.9 Å². The lowest BCUT2D eigenvalue weighted by Gasteiger charge is -2.36. The summed E-state index contributed by atoms with van der Waals surface area (Å²) in [6.07, 6.45) is -3.71. The van der Waals surface area contributed by atoms with Crippen LogP contribution < -0.4 is 19.3 Å². The number of carbonyl (C=O) groups excluding carboxylic acids is 1. The Hall–Kier alpha value is -4.28. The highest BCUT2D eigenvalue weighted by Crippen LogP contribution is 2.38. The average molecular weight is 500 g/mol. The highest BCUT2D eigenvalue weighted by atomic mass is 19.4. The third-order valence-electron chi connectivity index (χ3n) is 5.66. The maximum absolute atomic E-state index is 13.9. The quantitative estimate of drug-likeness (QED) is 0.345. The number of pyridine rings is 1. The van der Waals surface area contributed by atoms with E-state index in [1.807, 2.05) is 12.3 Å². The highest BCUT2D eigenvalue weighted by molar-refractivity contribution is 6.10. The molecule has 2 aromatic carbocycles. The number of hydrogen-bond acceptors (Lipinski definition) is 5. The summed E-state index contributed by atoms with van der Waals surface area (Å²) in [7, 11) is -0.857. The van der Waals surface area contributed by atoms with Gasteiger partial charge in [0.25, 0.3) is 0 Å². The van der Waals surface area contributed by atoms with Crippen molar-refractivity contribution in [2.45, 2.75) is 19.1 Å². The maximum atomic E-state index is 13.9. The van der Waals surface area contributed by atoms with E-state index in [-0.39, 0.29) is 24.0 Å². The number of hydrogen-bond donors (Lipinski definition) is 0. The number of anilines is 3. The van der Waals surface area contributed by atoms with Gasteiger partial charge in [0.15, 0.2) is 0 Å². The zero-order chi connectivity index (χ0) is 27.9. The van der Waals surface area contributed by atoms with Crippen molar-refractivity contribution in [3.05, 3.63) is 66.4 Å². The SMILES string of the molecule is [2H]C([2H])([2H])Oc1ccc(N2C(=O)N(c3ccc4nn(C)cc4c3)Cc3ccc(OCCC(F)(F)F)nc32)cc1. The minimum Gasteiger partial charge on any atom is -0.497 e. The van der Waals surface area contributed by atoms with Crippen molar-refractivity contribution < 1.29 is 31.6 Å². The average Bonchev–Trinajstić information content (AvgIpc) is 3.22. The number of aryl methyl sites for hydroxylation is 1. The second kappa shape index (κ2) is 9.06. The lowest BCUT2D eigenvalue weighted by molar-refractivity contribution is -0.139. The van der Waals surface area contributed by atoms with Crippen LogP contribution in [0.3, 0.4) is 0 Å². The number of amides is 2. The number of aromatic nitrogens is 3. The summed E-state index contributed by atoms with van der Waals surface area (Å²) in [5, 5.41) is 5.19. The van der Waals surface area contributed by atoms with Gasteiger partial charge in [-0.1, -0.05) is 0 Å². The maximum Gasteiger partial charge on any atom is 0.392 e. The van der Waals surface area contributed by atoms with E-state index < -0.39 is 32.3 Å². The monoisotopic (exact) mass is 500 g/mol. The Kier molecular flexibility index (Phi) is 5.03. The van der Waals surface area contributed by atoms with Gasteiger partial charge in [-0.25, -0.2) is 9.69 Å². The van der Waals surface area contributed by atoms with E-state index in [0.717, 1.165) is 10.9 Å². The van der Waals surface area contributed by atoms with Crippen molar-refractivity contribution in [1.29, 1.82) is 0 Å². The molecule has 0 radical (unpaired) electrons. The van der Waals surface area contributed by atoms with Gasteiger partial charge < -0.3 is 9.47 Å². The molecule has 0 atom stereocenters. The number of fused-ring (bicyclic) bond motifs is 2. The van der Waals surface area contributed by atoms with Crippen LogP contribution in [0.1, 0.15) is 16.1 Å². The van der Waals surface area contributed by atoms with E-state index in [2.05, 4.69) is 10.1 Å². The number of carbonyl (C=O) groups is 1. The molecule has 0 saturated carbocycles. The van der Waals surface area contributed by atoms with Crippen LogP contribution in [0.15, 0.2) is 60.8 Å². The van der Waals surface area contributed by atoms with Crippen molar-refractivity contribution in [1.82, 2.24) is 14.8 Å². The number of urea groups is 1. The molecule has 0 aliphatic carbocycles. The molecular weight excluding hydrogens is 475 g/mol. The first-order valence-electron chi connectivity index (χ1n) is 12.4. The summed E-state index contributed by atoms with van der Waals surface area (Å²) >= 11 is 0. The molecule has 8 nitrogen and oxygen atoms in total. The standard InChI is InChI=1S/C25H22F3N5O3/c1-31-14-17-13-19(6-9-21(17)30-31)32-15-16-3-10-22(36-12-11-25(26,27)28)29-23(16)33(24(32)34)18-4-7-20(35-2)8-5-18/h3-10,13-14H,11-12,15H2,1-2H3/i2D3. The van der Waals surface area contributed by atoms with Crippen LogP contribution in [-0.4, -0.2) is 40.6 Å². The number of rotatable bonds is 6. The van der Waals surface area contributed by atoms with Crippen molar-refractivity contribution in [3.8, 4) is 11.6 Å². The molecule has 4 aromatic rings. The van der Waals surface area contributed by atoms with Crippen LogP contribution in [0.5, 0.6) is 11.6 Å². The van der Waals surface area contributed by atoms with E-state index in [0.29, 0.717) is 16.9 Å². The summed E-state index contributed by atoms with van der Waals surface area (Å²) < 4.78 is 71.5. The van der Waals surface area contributed by atoms with E-state index in [1.165, 1.54) is 40.1 Å². The second-order valence-corrected chi connectivity index (χ2v) is 8.19.